The van der Waals surface area contributed by atoms with Crippen LogP contribution in [-0.2, 0) is 4.74 Å². The maximum absolute atomic E-state index is 11.9. The molecule has 0 heterocycles. The number of amides is 1. The van der Waals surface area contributed by atoms with Crippen LogP contribution >= 0.6 is 0 Å². The molecule has 2 rings (SSSR count). The van der Waals surface area contributed by atoms with Crippen molar-refractivity contribution in [2.24, 2.45) is 0 Å². The zero-order chi connectivity index (χ0) is 18.4. The minimum absolute atomic E-state index is 0.172. The van der Waals surface area contributed by atoms with Crippen LogP contribution in [0.4, 0.5) is 10.5 Å². The van der Waals surface area contributed by atoms with Crippen molar-refractivity contribution in [1.29, 1.82) is 0 Å². The Morgan fingerprint density at radius 3 is 2.24 bits per heavy atom. The van der Waals surface area contributed by atoms with Crippen LogP contribution in [0.3, 0.4) is 0 Å². The molecule has 0 saturated heterocycles. The highest BCUT2D eigenvalue weighted by atomic mass is 16.6. The smallest absolute Gasteiger partial charge is 0.407 e. The number of rotatable bonds is 5. The second-order valence-electron chi connectivity index (χ2n) is 7.41. The SMILES string of the molecule is COc1ccc(NC2CCC(NC(=O)OC(C)(C)C)CC2)c(OC)c1. The van der Waals surface area contributed by atoms with Gasteiger partial charge in [-0.15, -0.1) is 0 Å². The lowest BCUT2D eigenvalue weighted by molar-refractivity contribution is 0.0492. The Kier molecular flexibility index (Phi) is 6.39. The van der Waals surface area contributed by atoms with Crippen LogP contribution in [0.2, 0.25) is 0 Å². The van der Waals surface area contributed by atoms with E-state index >= 15 is 0 Å². The van der Waals surface area contributed by atoms with E-state index in [1.165, 1.54) is 0 Å². The summed E-state index contributed by atoms with van der Waals surface area (Å²) in [5.41, 5.74) is 0.500. The van der Waals surface area contributed by atoms with Crippen molar-refractivity contribution in [2.45, 2.75) is 64.1 Å². The normalized spacial score (nSPS) is 20.5. The summed E-state index contributed by atoms with van der Waals surface area (Å²) in [4.78, 5) is 11.9. The standard InChI is InChI=1S/C19H30N2O4/c1-19(2,3)25-18(22)21-14-8-6-13(7-9-14)20-16-11-10-15(23-4)12-17(16)24-5/h10-14,20H,6-9H2,1-5H3,(H,21,22). The third kappa shape index (κ3) is 6.03. The zero-order valence-corrected chi connectivity index (χ0v) is 15.8. The molecule has 0 unspecified atom stereocenters. The van der Waals surface area contributed by atoms with Crippen molar-refractivity contribution in [3.05, 3.63) is 18.2 Å². The number of carbonyl (C=O) groups excluding carboxylic acids is 1. The molecule has 2 N–H and O–H groups in total. The Morgan fingerprint density at radius 1 is 1.04 bits per heavy atom. The van der Waals surface area contributed by atoms with Crippen molar-refractivity contribution in [2.75, 3.05) is 19.5 Å². The summed E-state index contributed by atoms with van der Waals surface area (Å²) in [5, 5.41) is 6.51. The Bertz CT molecular complexity index is 575. The van der Waals surface area contributed by atoms with Crippen LogP contribution in [0.5, 0.6) is 11.5 Å². The number of nitrogens with one attached hydrogen (secondary N) is 2. The van der Waals surface area contributed by atoms with Gasteiger partial charge in [0.05, 0.1) is 19.9 Å². The van der Waals surface area contributed by atoms with Gasteiger partial charge >= 0.3 is 6.09 Å². The first-order chi connectivity index (χ1) is 11.8. The fourth-order valence-corrected chi connectivity index (χ4v) is 2.99. The van der Waals surface area contributed by atoms with Gasteiger partial charge in [0.15, 0.2) is 0 Å². The molecule has 1 fully saturated rings. The van der Waals surface area contributed by atoms with Gasteiger partial charge in [-0.1, -0.05) is 0 Å². The van der Waals surface area contributed by atoms with Crippen molar-refractivity contribution >= 4 is 11.8 Å². The molecule has 1 amide bonds. The molecular formula is C19H30N2O4. The van der Waals surface area contributed by atoms with E-state index in [1.54, 1.807) is 14.2 Å². The van der Waals surface area contributed by atoms with Crippen molar-refractivity contribution in [3.63, 3.8) is 0 Å². The van der Waals surface area contributed by atoms with Gasteiger partial charge in [-0.05, 0) is 58.6 Å². The van der Waals surface area contributed by atoms with E-state index in [4.69, 9.17) is 14.2 Å². The van der Waals surface area contributed by atoms with Crippen LogP contribution < -0.4 is 20.1 Å². The fourth-order valence-electron chi connectivity index (χ4n) is 2.99. The van der Waals surface area contributed by atoms with E-state index in [9.17, 15) is 4.79 Å². The number of benzene rings is 1. The zero-order valence-electron chi connectivity index (χ0n) is 15.8. The Morgan fingerprint density at radius 2 is 1.68 bits per heavy atom. The molecule has 0 bridgehead atoms. The number of methoxy groups -OCH3 is 2. The largest absolute Gasteiger partial charge is 0.497 e. The van der Waals surface area contributed by atoms with Crippen LogP contribution in [0, 0.1) is 0 Å². The Labute approximate surface area is 150 Å². The molecule has 1 aliphatic rings. The summed E-state index contributed by atoms with van der Waals surface area (Å²) in [7, 11) is 3.29. The third-order valence-corrected chi connectivity index (χ3v) is 4.22. The highest BCUT2D eigenvalue weighted by Gasteiger charge is 2.25. The molecular weight excluding hydrogens is 320 g/mol. The number of anilines is 1. The third-order valence-electron chi connectivity index (χ3n) is 4.22. The summed E-state index contributed by atoms with van der Waals surface area (Å²) < 4.78 is 16.0. The molecule has 0 aromatic heterocycles. The summed E-state index contributed by atoms with van der Waals surface area (Å²) in [6, 6.07) is 6.30. The molecule has 1 aromatic carbocycles. The van der Waals surface area contributed by atoms with E-state index in [2.05, 4.69) is 10.6 Å². The van der Waals surface area contributed by atoms with Gasteiger partial charge in [0, 0.05) is 18.2 Å². The second-order valence-corrected chi connectivity index (χ2v) is 7.41. The average Bonchev–Trinajstić information content (AvgIpc) is 2.55. The quantitative estimate of drug-likeness (QED) is 0.841. The van der Waals surface area contributed by atoms with Crippen LogP contribution in [-0.4, -0.2) is 38.0 Å². The summed E-state index contributed by atoms with van der Waals surface area (Å²) in [6.07, 6.45) is 3.48. The molecule has 1 saturated carbocycles. The number of alkyl carbamates (subject to hydrolysis) is 1. The molecule has 0 radical (unpaired) electrons. The lowest BCUT2D eigenvalue weighted by Crippen LogP contribution is -2.42. The van der Waals surface area contributed by atoms with E-state index in [-0.39, 0.29) is 12.1 Å². The van der Waals surface area contributed by atoms with Gasteiger partial charge < -0.3 is 24.8 Å². The molecule has 1 aliphatic carbocycles. The molecule has 0 spiro atoms. The molecule has 6 nitrogen and oxygen atoms in total. The fraction of sp³-hybridized carbons (Fsp3) is 0.632. The summed E-state index contributed by atoms with van der Waals surface area (Å²) in [6.45, 7) is 5.61. The molecule has 6 heteroatoms. The summed E-state index contributed by atoms with van der Waals surface area (Å²) >= 11 is 0. The van der Waals surface area contributed by atoms with Crippen molar-refractivity contribution in [3.8, 4) is 11.5 Å². The van der Waals surface area contributed by atoms with Crippen molar-refractivity contribution < 1.29 is 19.0 Å². The average molecular weight is 350 g/mol. The van der Waals surface area contributed by atoms with E-state index < -0.39 is 5.60 Å². The first-order valence-electron chi connectivity index (χ1n) is 8.79. The predicted molar refractivity (Wildman–Crippen MR) is 98.6 cm³/mol. The van der Waals surface area contributed by atoms with Gasteiger partial charge in [-0.25, -0.2) is 4.79 Å². The predicted octanol–water partition coefficient (Wildman–Crippen LogP) is 3.95. The van der Waals surface area contributed by atoms with E-state index in [1.807, 2.05) is 39.0 Å². The van der Waals surface area contributed by atoms with E-state index in [0.717, 1.165) is 42.9 Å². The first kappa shape index (κ1) is 19.2. The Hall–Kier alpha value is -2.11. The molecule has 25 heavy (non-hydrogen) atoms. The van der Waals surface area contributed by atoms with Crippen LogP contribution in [0.15, 0.2) is 18.2 Å². The highest BCUT2D eigenvalue weighted by Crippen LogP contribution is 2.31. The molecule has 0 atom stereocenters. The van der Waals surface area contributed by atoms with Crippen LogP contribution in [0.25, 0.3) is 0 Å². The maximum atomic E-state index is 11.9. The van der Waals surface area contributed by atoms with Gasteiger partial charge in [0.25, 0.3) is 0 Å². The number of ether oxygens (including phenoxy) is 3. The Balaban J connectivity index is 1.83. The van der Waals surface area contributed by atoms with Crippen molar-refractivity contribution in [1.82, 2.24) is 5.32 Å². The van der Waals surface area contributed by atoms with Gasteiger partial charge in [-0.3, -0.25) is 0 Å². The monoisotopic (exact) mass is 350 g/mol. The second kappa shape index (κ2) is 8.32. The highest BCUT2D eigenvalue weighted by molar-refractivity contribution is 5.68. The minimum atomic E-state index is -0.465. The number of carbonyl (C=O) groups is 1. The first-order valence-corrected chi connectivity index (χ1v) is 8.79. The summed E-state index contributed by atoms with van der Waals surface area (Å²) in [5.74, 6) is 1.54. The lowest BCUT2D eigenvalue weighted by atomic mass is 9.91. The maximum Gasteiger partial charge on any atom is 0.407 e. The number of hydrogen-bond donors (Lipinski definition) is 2. The lowest BCUT2D eigenvalue weighted by Gasteiger charge is -2.31. The van der Waals surface area contributed by atoms with Crippen LogP contribution in [0.1, 0.15) is 46.5 Å². The number of hydrogen-bond acceptors (Lipinski definition) is 5. The molecule has 0 aliphatic heterocycles. The minimum Gasteiger partial charge on any atom is -0.497 e. The molecule has 1 aromatic rings. The molecule has 140 valence electrons. The van der Waals surface area contributed by atoms with Gasteiger partial charge in [0.2, 0.25) is 0 Å². The van der Waals surface area contributed by atoms with Gasteiger partial charge in [-0.2, -0.15) is 0 Å². The van der Waals surface area contributed by atoms with Gasteiger partial charge in [0.1, 0.15) is 17.1 Å². The van der Waals surface area contributed by atoms with E-state index in [0.29, 0.717) is 6.04 Å². The topological polar surface area (TPSA) is 68.8 Å².